The van der Waals surface area contributed by atoms with Gasteiger partial charge in [0.1, 0.15) is 5.03 Å². The second-order valence-corrected chi connectivity index (χ2v) is 3.41. The SMILES string of the molecule is O=C(Cl)C(Cl)=Cc1ccccc1C(=O)O. The van der Waals surface area contributed by atoms with E-state index in [1.807, 2.05) is 0 Å². The van der Waals surface area contributed by atoms with Crippen molar-refractivity contribution < 1.29 is 14.7 Å². The van der Waals surface area contributed by atoms with Crippen LogP contribution in [0.3, 0.4) is 0 Å². The van der Waals surface area contributed by atoms with E-state index < -0.39 is 11.2 Å². The van der Waals surface area contributed by atoms with Gasteiger partial charge in [-0.15, -0.1) is 0 Å². The molecule has 3 nitrogen and oxygen atoms in total. The van der Waals surface area contributed by atoms with E-state index in [1.165, 1.54) is 18.2 Å². The van der Waals surface area contributed by atoms with Crippen LogP contribution in [0, 0.1) is 0 Å². The van der Waals surface area contributed by atoms with E-state index in [1.54, 1.807) is 12.1 Å². The number of hydrogen-bond acceptors (Lipinski definition) is 2. The van der Waals surface area contributed by atoms with Crippen molar-refractivity contribution in [3.63, 3.8) is 0 Å². The largest absolute Gasteiger partial charge is 0.478 e. The van der Waals surface area contributed by atoms with Gasteiger partial charge in [-0.05, 0) is 29.3 Å². The molecule has 0 spiro atoms. The minimum Gasteiger partial charge on any atom is -0.478 e. The summed E-state index contributed by atoms with van der Waals surface area (Å²) in [4.78, 5) is 21.4. The van der Waals surface area contributed by atoms with Crippen LogP contribution in [0.25, 0.3) is 6.08 Å². The molecule has 0 unspecified atom stereocenters. The van der Waals surface area contributed by atoms with Crippen molar-refractivity contribution in [2.45, 2.75) is 0 Å². The highest BCUT2D eigenvalue weighted by Crippen LogP contribution is 2.16. The molecule has 0 aliphatic carbocycles. The van der Waals surface area contributed by atoms with E-state index in [0.717, 1.165) is 0 Å². The fourth-order valence-corrected chi connectivity index (χ4v) is 1.18. The maximum Gasteiger partial charge on any atom is 0.336 e. The standard InChI is InChI=1S/C10H6Cl2O3/c11-8(9(12)13)5-6-3-1-2-4-7(6)10(14)15/h1-5H,(H,14,15). The molecule has 0 aromatic heterocycles. The van der Waals surface area contributed by atoms with E-state index in [9.17, 15) is 9.59 Å². The van der Waals surface area contributed by atoms with Crippen LogP contribution in [0.15, 0.2) is 29.3 Å². The Labute approximate surface area is 95.9 Å². The number of allylic oxidation sites excluding steroid dienone is 1. The third-order valence-electron chi connectivity index (χ3n) is 1.66. The third kappa shape index (κ3) is 3.08. The van der Waals surface area contributed by atoms with Crippen LogP contribution in [0.5, 0.6) is 0 Å². The monoisotopic (exact) mass is 244 g/mol. The third-order valence-corrected chi connectivity index (χ3v) is 2.24. The second-order valence-electron chi connectivity index (χ2n) is 2.66. The molecule has 1 rings (SSSR count). The van der Waals surface area contributed by atoms with Gasteiger partial charge in [-0.3, -0.25) is 4.79 Å². The van der Waals surface area contributed by atoms with Crippen LogP contribution in [-0.4, -0.2) is 16.3 Å². The van der Waals surface area contributed by atoms with Gasteiger partial charge in [0.05, 0.1) is 5.56 Å². The molecule has 1 aromatic rings. The average molecular weight is 245 g/mol. The van der Waals surface area contributed by atoms with Gasteiger partial charge in [-0.25, -0.2) is 4.79 Å². The molecule has 1 N–H and O–H groups in total. The van der Waals surface area contributed by atoms with Crippen LogP contribution in [0.2, 0.25) is 0 Å². The Morgan fingerprint density at radius 3 is 2.33 bits per heavy atom. The fraction of sp³-hybridized carbons (Fsp3) is 0. The zero-order valence-electron chi connectivity index (χ0n) is 7.41. The Morgan fingerprint density at radius 2 is 1.80 bits per heavy atom. The van der Waals surface area contributed by atoms with E-state index in [4.69, 9.17) is 28.3 Å². The summed E-state index contributed by atoms with van der Waals surface area (Å²) < 4.78 is 0. The van der Waals surface area contributed by atoms with E-state index in [-0.39, 0.29) is 10.6 Å². The Kier molecular flexibility index (Phi) is 3.88. The molecule has 0 radical (unpaired) electrons. The van der Waals surface area contributed by atoms with Crippen molar-refractivity contribution in [2.24, 2.45) is 0 Å². The molecule has 0 amide bonds. The van der Waals surface area contributed by atoms with Gasteiger partial charge in [0.15, 0.2) is 0 Å². The summed E-state index contributed by atoms with van der Waals surface area (Å²) in [5.74, 6) is -1.09. The van der Waals surface area contributed by atoms with Gasteiger partial charge in [-0.1, -0.05) is 29.8 Å². The first kappa shape index (κ1) is 11.8. The molecule has 0 aliphatic heterocycles. The summed E-state index contributed by atoms with van der Waals surface area (Å²) in [6.07, 6.45) is 1.22. The summed E-state index contributed by atoms with van der Waals surface area (Å²) in [5.41, 5.74) is 0.401. The normalized spacial score (nSPS) is 11.2. The first-order chi connectivity index (χ1) is 7.02. The molecular formula is C10H6Cl2O3. The number of carbonyl (C=O) groups excluding carboxylic acids is 1. The Bertz CT molecular complexity index is 438. The van der Waals surface area contributed by atoms with Gasteiger partial charge in [-0.2, -0.15) is 0 Å². The van der Waals surface area contributed by atoms with Gasteiger partial charge >= 0.3 is 5.97 Å². The predicted octanol–water partition coefficient (Wildman–Crippen LogP) is 2.73. The Balaban J connectivity index is 3.20. The lowest BCUT2D eigenvalue weighted by atomic mass is 10.1. The summed E-state index contributed by atoms with van der Waals surface area (Å²) in [7, 11) is 0. The molecule has 5 heteroatoms. The highest BCUT2D eigenvalue weighted by molar-refractivity contribution is 6.74. The highest BCUT2D eigenvalue weighted by atomic mass is 35.5. The van der Waals surface area contributed by atoms with Crippen LogP contribution in [-0.2, 0) is 4.79 Å². The topological polar surface area (TPSA) is 54.4 Å². The highest BCUT2D eigenvalue weighted by Gasteiger charge is 2.09. The minimum atomic E-state index is -1.09. The van der Waals surface area contributed by atoms with Gasteiger partial charge in [0, 0.05) is 0 Å². The number of aromatic carboxylic acids is 1. The number of hydrogen-bond donors (Lipinski definition) is 1. The van der Waals surface area contributed by atoms with Crippen molar-refractivity contribution in [3.8, 4) is 0 Å². The zero-order valence-corrected chi connectivity index (χ0v) is 8.92. The number of benzene rings is 1. The van der Waals surface area contributed by atoms with Crippen LogP contribution >= 0.6 is 23.2 Å². The predicted molar refractivity (Wildman–Crippen MR) is 58.1 cm³/mol. The molecule has 0 aliphatic rings. The summed E-state index contributed by atoms with van der Waals surface area (Å²) in [6.45, 7) is 0. The van der Waals surface area contributed by atoms with Crippen molar-refractivity contribution in [1.29, 1.82) is 0 Å². The first-order valence-electron chi connectivity index (χ1n) is 3.91. The van der Waals surface area contributed by atoms with Crippen molar-refractivity contribution >= 4 is 40.5 Å². The maximum absolute atomic E-state index is 10.8. The molecular weight excluding hydrogens is 239 g/mol. The molecule has 0 fully saturated rings. The molecule has 15 heavy (non-hydrogen) atoms. The van der Waals surface area contributed by atoms with E-state index in [0.29, 0.717) is 5.56 Å². The molecule has 78 valence electrons. The average Bonchev–Trinajstić information content (AvgIpc) is 2.18. The number of rotatable bonds is 3. The minimum absolute atomic E-state index is 0.0635. The number of carbonyl (C=O) groups is 2. The smallest absolute Gasteiger partial charge is 0.336 e. The number of halogens is 2. The molecule has 0 saturated heterocycles. The lowest BCUT2D eigenvalue weighted by molar-refractivity contribution is -0.107. The quantitative estimate of drug-likeness (QED) is 0.657. The van der Waals surface area contributed by atoms with Crippen LogP contribution in [0.4, 0.5) is 0 Å². The summed E-state index contributed by atoms with van der Waals surface area (Å²) in [5, 5.41) is 7.79. The molecule has 1 aromatic carbocycles. The number of carboxylic acids is 1. The van der Waals surface area contributed by atoms with Crippen molar-refractivity contribution in [1.82, 2.24) is 0 Å². The lowest BCUT2D eigenvalue weighted by Crippen LogP contribution is -1.99. The first-order valence-corrected chi connectivity index (χ1v) is 4.67. The zero-order chi connectivity index (χ0) is 11.4. The second kappa shape index (κ2) is 4.96. The molecule has 0 heterocycles. The van der Waals surface area contributed by atoms with Crippen LogP contribution in [0.1, 0.15) is 15.9 Å². The fourth-order valence-electron chi connectivity index (χ4n) is 1.01. The van der Waals surface area contributed by atoms with Crippen LogP contribution < -0.4 is 0 Å². The van der Waals surface area contributed by atoms with Crippen molar-refractivity contribution in [2.75, 3.05) is 0 Å². The van der Waals surface area contributed by atoms with E-state index >= 15 is 0 Å². The summed E-state index contributed by atoms with van der Waals surface area (Å²) >= 11 is 10.6. The maximum atomic E-state index is 10.8. The van der Waals surface area contributed by atoms with Gasteiger partial charge in [0.25, 0.3) is 5.24 Å². The Hall–Kier alpha value is -1.32. The summed E-state index contributed by atoms with van der Waals surface area (Å²) in [6, 6.07) is 6.17. The lowest BCUT2D eigenvalue weighted by Gasteiger charge is -2.00. The molecule has 0 atom stereocenters. The Morgan fingerprint density at radius 1 is 1.20 bits per heavy atom. The van der Waals surface area contributed by atoms with Gasteiger partial charge < -0.3 is 5.11 Å². The number of carboxylic acid groups (broad SMARTS) is 1. The van der Waals surface area contributed by atoms with Gasteiger partial charge in [0.2, 0.25) is 0 Å². The van der Waals surface area contributed by atoms with E-state index in [2.05, 4.69) is 0 Å². The molecule has 0 bridgehead atoms. The molecule has 0 saturated carbocycles. The van der Waals surface area contributed by atoms with Crippen molar-refractivity contribution in [3.05, 3.63) is 40.4 Å².